The fourth-order valence-electron chi connectivity index (χ4n) is 1.12. The summed E-state index contributed by atoms with van der Waals surface area (Å²) in [5, 5.41) is 4.43. The summed E-state index contributed by atoms with van der Waals surface area (Å²) >= 11 is 1.74. The Morgan fingerprint density at radius 2 is 2.13 bits per heavy atom. The van der Waals surface area contributed by atoms with Gasteiger partial charge in [-0.15, -0.1) is 11.3 Å². The number of nitrogens with one attached hydrogen (secondary N) is 1. The molecule has 15 heavy (non-hydrogen) atoms. The van der Waals surface area contributed by atoms with E-state index in [1.54, 1.807) is 25.6 Å². The van der Waals surface area contributed by atoms with Crippen LogP contribution < -0.4 is 5.32 Å². The summed E-state index contributed by atoms with van der Waals surface area (Å²) in [4.78, 5) is 5.58. The minimum absolute atomic E-state index is 0.740. The molecule has 0 saturated heterocycles. The van der Waals surface area contributed by atoms with Gasteiger partial charge in [0, 0.05) is 44.8 Å². The Balaban J connectivity index is 2.20. The standard InChI is InChI=1S/C10H18N2O2S/c1-13-5-3-10-12-8-9(15-10)7-11-4-6-14-2/h8,11H,3-7H2,1-2H3. The highest BCUT2D eigenvalue weighted by molar-refractivity contribution is 7.11. The van der Waals surface area contributed by atoms with Gasteiger partial charge in [0.25, 0.3) is 0 Å². The van der Waals surface area contributed by atoms with Gasteiger partial charge in [-0.3, -0.25) is 0 Å². The number of ether oxygens (including phenoxy) is 2. The first-order chi connectivity index (χ1) is 7.36. The Hall–Kier alpha value is -0.490. The second kappa shape index (κ2) is 7.76. The van der Waals surface area contributed by atoms with Gasteiger partial charge >= 0.3 is 0 Å². The second-order valence-corrected chi connectivity index (χ2v) is 4.33. The zero-order valence-corrected chi connectivity index (χ0v) is 10.1. The predicted octanol–water partition coefficient (Wildman–Crippen LogP) is 1.07. The molecule has 0 amide bonds. The van der Waals surface area contributed by atoms with Gasteiger partial charge in [-0.1, -0.05) is 0 Å². The van der Waals surface area contributed by atoms with Crippen LogP contribution in [-0.4, -0.2) is 39.0 Å². The highest BCUT2D eigenvalue weighted by Gasteiger charge is 2.01. The molecule has 1 heterocycles. The Bertz CT molecular complexity index is 266. The lowest BCUT2D eigenvalue weighted by Crippen LogP contribution is -2.17. The summed E-state index contributed by atoms with van der Waals surface area (Å²) in [6.45, 7) is 3.23. The van der Waals surface area contributed by atoms with Crippen LogP contribution in [0.4, 0.5) is 0 Å². The molecule has 5 heteroatoms. The van der Waals surface area contributed by atoms with Crippen molar-refractivity contribution in [3.05, 3.63) is 16.1 Å². The molecule has 0 atom stereocenters. The first kappa shape index (κ1) is 12.6. The van der Waals surface area contributed by atoms with Crippen LogP contribution in [0.2, 0.25) is 0 Å². The Labute approximate surface area is 94.6 Å². The normalized spacial score (nSPS) is 10.8. The molecule has 0 fully saturated rings. The van der Waals surface area contributed by atoms with E-state index in [2.05, 4.69) is 10.3 Å². The zero-order valence-electron chi connectivity index (χ0n) is 9.28. The molecule has 86 valence electrons. The summed E-state index contributed by atoms with van der Waals surface area (Å²) in [6.07, 6.45) is 2.83. The van der Waals surface area contributed by atoms with Crippen molar-refractivity contribution in [2.75, 3.05) is 34.0 Å². The quantitative estimate of drug-likeness (QED) is 0.678. The molecule has 0 saturated carbocycles. The first-order valence-corrected chi connectivity index (χ1v) is 5.80. The summed E-state index contributed by atoms with van der Waals surface area (Å²) in [6, 6.07) is 0. The molecule has 4 nitrogen and oxygen atoms in total. The molecular weight excluding hydrogens is 212 g/mol. The topological polar surface area (TPSA) is 43.4 Å². The maximum Gasteiger partial charge on any atom is 0.0951 e. The van der Waals surface area contributed by atoms with Crippen molar-refractivity contribution in [1.82, 2.24) is 10.3 Å². The average Bonchev–Trinajstić information content (AvgIpc) is 2.69. The van der Waals surface area contributed by atoms with Crippen molar-refractivity contribution in [1.29, 1.82) is 0 Å². The van der Waals surface area contributed by atoms with Crippen molar-refractivity contribution >= 4 is 11.3 Å². The van der Waals surface area contributed by atoms with Gasteiger partial charge in [0.1, 0.15) is 0 Å². The number of thiazole rings is 1. The minimum atomic E-state index is 0.740. The van der Waals surface area contributed by atoms with Crippen molar-refractivity contribution in [2.24, 2.45) is 0 Å². The molecule has 0 unspecified atom stereocenters. The van der Waals surface area contributed by atoms with Crippen molar-refractivity contribution in [3.63, 3.8) is 0 Å². The molecular formula is C10H18N2O2S. The highest BCUT2D eigenvalue weighted by Crippen LogP contribution is 2.12. The lowest BCUT2D eigenvalue weighted by molar-refractivity contribution is 0.199. The second-order valence-electron chi connectivity index (χ2n) is 3.13. The smallest absolute Gasteiger partial charge is 0.0951 e. The minimum Gasteiger partial charge on any atom is -0.384 e. The molecule has 0 spiro atoms. The summed E-state index contributed by atoms with van der Waals surface area (Å²) in [7, 11) is 3.41. The molecule has 0 aromatic carbocycles. The first-order valence-electron chi connectivity index (χ1n) is 4.99. The molecule has 0 aliphatic carbocycles. The fourth-order valence-corrected chi connectivity index (χ4v) is 1.99. The van der Waals surface area contributed by atoms with E-state index in [4.69, 9.17) is 9.47 Å². The zero-order chi connectivity index (χ0) is 10.9. The van der Waals surface area contributed by atoms with Gasteiger partial charge in [0.15, 0.2) is 0 Å². The van der Waals surface area contributed by atoms with E-state index in [0.717, 1.165) is 37.7 Å². The van der Waals surface area contributed by atoms with E-state index in [1.807, 2.05) is 6.20 Å². The number of hydrogen-bond donors (Lipinski definition) is 1. The van der Waals surface area contributed by atoms with Crippen LogP contribution in [0, 0.1) is 0 Å². The number of aromatic nitrogens is 1. The van der Waals surface area contributed by atoms with Gasteiger partial charge in [0.2, 0.25) is 0 Å². The average molecular weight is 230 g/mol. The molecule has 0 aliphatic rings. The Morgan fingerprint density at radius 3 is 2.87 bits per heavy atom. The molecule has 1 N–H and O–H groups in total. The monoisotopic (exact) mass is 230 g/mol. The molecule has 1 aromatic heterocycles. The fraction of sp³-hybridized carbons (Fsp3) is 0.700. The lowest BCUT2D eigenvalue weighted by Gasteiger charge is -2.00. The van der Waals surface area contributed by atoms with Crippen LogP contribution in [0.15, 0.2) is 6.20 Å². The van der Waals surface area contributed by atoms with Crippen molar-refractivity contribution in [3.8, 4) is 0 Å². The van der Waals surface area contributed by atoms with Crippen LogP contribution in [0.1, 0.15) is 9.88 Å². The molecule has 0 radical (unpaired) electrons. The molecule has 0 aliphatic heterocycles. The van der Waals surface area contributed by atoms with E-state index in [0.29, 0.717) is 0 Å². The lowest BCUT2D eigenvalue weighted by atomic mass is 10.5. The maximum absolute atomic E-state index is 5.00. The number of hydrogen-bond acceptors (Lipinski definition) is 5. The van der Waals surface area contributed by atoms with E-state index < -0.39 is 0 Å². The van der Waals surface area contributed by atoms with Gasteiger partial charge in [0.05, 0.1) is 18.2 Å². The summed E-state index contributed by atoms with van der Waals surface area (Å²) in [5.74, 6) is 0. The van der Waals surface area contributed by atoms with Crippen LogP contribution in [0.3, 0.4) is 0 Å². The Morgan fingerprint density at radius 1 is 1.33 bits per heavy atom. The van der Waals surface area contributed by atoms with Gasteiger partial charge in [-0.05, 0) is 0 Å². The molecule has 0 bridgehead atoms. The molecule has 1 aromatic rings. The van der Waals surface area contributed by atoms with Crippen LogP contribution in [0.25, 0.3) is 0 Å². The van der Waals surface area contributed by atoms with Crippen molar-refractivity contribution < 1.29 is 9.47 Å². The number of rotatable bonds is 8. The molecule has 1 rings (SSSR count). The van der Waals surface area contributed by atoms with E-state index in [9.17, 15) is 0 Å². The van der Waals surface area contributed by atoms with E-state index >= 15 is 0 Å². The largest absolute Gasteiger partial charge is 0.384 e. The number of nitrogens with zero attached hydrogens (tertiary/aromatic N) is 1. The SMILES string of the molecule is COCCNCc1cnc(CCOC)s1. The maximum atomic E-state index is 5.00. The van der Waals surface area contributed by atoms with Gasteiger partial charge < -0.3 is 14.8 Å². The van der Waals surface area contributed by atoms with E-state index in [-0.39, 0.29) is 0 Å². The highest BCUT2D eigenvalue weighted by atomic mass is 32.1. The van der Waals surface area contributed by atoms with Gasteiger partial charge in [-0.25, -0.2) is 4.98 Å². The van der Waals surface area contributed by atoms with Gasteiger partial charge in [-0.2, -0.15) is 0 Å². The predicted molar refractivity (Wildman–Crippen MR) is 61.3 cm³/mol. The van der Waals surface area contributed by atoms with Crippen LogP contribution in [0.5, 0.6) is 0 Å². The van der Waals surface area contributed by atoms with Crippen molar-refractivity contribution in [2.45, 2.75) is 13.0 Å². The summed E-state index contributed by atoms with van der Waals surface area (Å²) in [5.41, 5.74) is 0. The van der Waals surface area contributed by atoms with Crippen LogP contribution in [-0.2, 0) is 22.4 Å². The van der Waals surface area contributed by atoms with E-state index in [1.165, 1.54) is 4.88 Å². The summed E-state index contributed by atoms with van der Waals surface area (Å²) < 4.78 is 9.95. The third kappa shape index (κ3) is 5.22. The Kier molecular flexibility index (Phi) is 6.50. The van der Waals surface area contributed by atoms with Crippen LogP contribution >= 0.6 is 11.3 Å². The third-order valence-electron chi connectivity index (χ3n) is 1.90. The number of methoxy groups -OCH3 is 2. The third-order valence-corrected chi connectivity index (χ3v) is 2.96.